The Bertz CT molecular complexity index is 809. The fourth-order valence-electron chi connectivity index (χ4n) is 3.29. The van der Waals surface area contributed by atoms with Gasteiger partial charge in [0, 0.05) is 19.6 Å². The Labute approximate surface area is 148 Å². The third kappa shape index (κ3) is 3.20. The number of fused-ring (bicyclic) bond motifs is 2. The first-order chi connectivity index (χ1) is 12.2. The Hall–Kier alpha value is -2.53. The van der Waals surface area contributed by atoms with Crippen LogP contribution in [0.4, 0.5) is 5.69 Å². The van der Waals surface area contributed by atoms with Crippen LogP contribution in [0.1, 0.15) is 17.5 Å². The van der Waals surface area contributed by atoms with Gasteiger partial charge in [0.15, 0.2) is 5.75 Å². The average molecular weight is 337 g/mol. The predicted molar refractivity (Wildman–Crippen MR) is 99.5 cm³/mol. The highest BCUT2D eigenvalue weighted by Crippen LogP contribution is 2.39. The lowest BCUT2D eigenvalue weighted by Crippen LogP contribution is -2.34. The highest BCUT2D eigenvalue weighted by atomic mass is 16.5. The van der Waals surface area contributed by atoms with Gasteiger partial charge in [-0.2, -0.15) is 0 Å². The predicted octanol–water partition coefficient (Wildman–Crippen LogP) is 3.48. The van der Waals surface area contributed by atoms with Gasteiger partial charge in [-0.25, -0.2) is 4.99 Å². The fraction of sp³-hybridized carbons (Fsp3) is 0.350. The molecule has 2 aromatic carbocycles. The second-order valence-electron chi connectivity index (χ2n) is 6.46. The molecule has 0 saturated carbocycles. The molecule has 5 nitrogen and oxygen atoms in total. The van der Waals surface area contributed by atoms with E-state index in [0.717, 1.165) is 72.5 Å². The lowest BCUT2D eigenvalue weighted by Gasteiger charge is -2.24. The minimum atomic E-state index is 0.800. The van der Waals surface area contributed by atoms with Crippen molar-refractivity contribution in [3.05, 3.63) is 47.5 Å². The first-order valence-corrected chi connectivity index (χ1v) is 8.76. The molecule has 0 aromatic heterocycles. The van der Waals surface area contributed by atoms with Crippen LogP contribution in [0.3, 0.4) is 0 Å². The highest BCUT2D eigenvalue weighted by Gasteiger charge is 2.24. The summed E-state index contributed by atoms with van der Waals surface area (Å²) in [4.78, 5) is 7.34. The maximum absolute atomic E-state index is 6.22. The topological polar surface area (TPSA) is 46.1 Å². The van der Waals surface area contributed by atoms with Crippen molar-refractivity contribution in [2.75, 3.05) is 33.3 Å². The summed E-state index contributed by atoms with van der Waals surface area (Å²) in [7, 11) is 1.68. The van der Waals surface area contributed by atoms with Crippen LogP contribution >= 0.6 is 0 Å². The Morgan fingerprint density at radius 1 is 1.08 bits per heavy atom. The van der Waals surface area contributed by atoms with Crippen molar-refractivity contribution >= 4 is 11.5 Å². The van der Waals surface area contributed by atoms with Gasteiger partial charge in [-0.15, -0.1) is 0 Å². The van der Waals surface area contributed by atoms with Crippen LogP contribution in [0.2, 0.25) is 0 Å². The monoisotopic (exact) mass is 337 g/mol. The summed E-state index contributed by atoms with van der Waals surface area (Å²) in [5, 5.41) is 3.45. The molecule has 1 fully saturated rings. The van der Waals surface area contributed by atoms with E-state index in [1.807, 2.05) is 30.3 Å². The number of nitrogens with one attached hydrogen (secondary N) is 1. The number of amidine groups is 1. The molecule has 1 N–H and O–H groups in total. The molecule has 2 aliphatic rings. The zero-order valence-electron chi connectivity index (χ0n) is 14.7. The minimum absolute atomic E-state index is 0.800. The molecule has 4 rings (SSSR count). The van der Waals surface area contributed by atoms with E-state index in [1.165, 1.54) is 0 Å². The van der Waals surface area contributed by atoms with Crippen LogP contribution in [0.25, 0.3) is 0 Å². The number of hydrogen-bond donors (Lipinski definition) is 1. The second kappa shape index (κ2) is 6.76. The molecule has 0 unspecified atom stereocenters. The number of hydrogen-bond acceptors (Lipinski definition) is 5. The molecule has 130 valence electrons. The molecule has 0 atom stereocenters. The van der Waals surface area contributed by atoms with Gasteiger partial charge in [0.2, 0.25) is 0 Å². The zero-order chi connectivity index (χ0) is 17.2. The van der Waals surface area contributed by atoms with Crippen molar-refractivity contribution in [1.82, 2.24) is 10.2 Å². The third-order valence-corrected chi connectivity index (χ3v) is 4.63. The number of methoxy groups -OCH3 is 1. The highest BCUT2D eigenvalue weighted by molar-refractivity contribution is 6.04. The summed E-state index contributed by atoms with van der Waals surface area (Å²) in [6.07, 6.45) is 1.10. The van der Waals surface area contributed by atoms with Crippen LogP contribution < -0.4 is 14.8 Å². The first kappa shape index (κ1) is 16.0. The van der Waals surface area contributed by atoms with Crippen molar-refractivity contribution in [1.29, 1.82) is 0 Å². The number of aliphatic imine (C=N–C) groups is 1. The summed E-state index contributed by atoms with van der Waals surface area (Å²) < 4.78 is 11.7. The zero-order valence-corrected chi connectivity index (χ0v) is 14.7. The molecular weight excluding hydrogens is 314 g/mol. The number of ether oxygens (including phenoxy) is 2. The normalized spacial score (nSPS) is 16.7. The summed E-state index contributed by atoms with van der Waals surface area (Å²) in [6.45, 7) is 5.97. The standard InChI is InChI=1S/C20H23N3O2/c1-14-4-6-17-19(12-14)25-18-7-5-15(24-2)13-16(18)20(22-17)23-10-3-8-21-9-11-23/h4-7,12-13,21H,3,8-11H2,1-2H3. The molecule has 5 heteroatoms. The maximum atomic E-state index is 6.22. The molecule has 1 saturated heterocycles. The van der Waals surface area contributed by atoms with E-state index < -0.39 is 0 Å². The first-order valence-electron chi connectivity index (χ1n) is 8.76. The average Bonchev–Trinajstić information content (AvgIpc) is 2.98. The van der Waals surface area contributed by atoms with Crippen molar-refractivity contribution in [3.63, 3.8) is 0 Å². The molecule has 25 heavy (non-hydrogen) atoms. The molecule has 2 heterocycles. The molecule has 2 aliphatic heterocycles. The Morgan fingerprint density at radius 3 is 2.88 bits per heavy atom. The fourth-order valence-corrected chi connectivity index (χ4v) is 3.29. The number of rotatable bonds is 1. The van der Waals surface area contributed by atoms with Crippen molar-refractivity contribution in [2.45, 2.75) is 13.3 Å². The van der Waals surface area contributed by atoms with E-state index in [1.54, 1.807) is 7.11 Å². The van der Waals surface area contributed by atoms with E-state index in [9.17, 15) is 0 Å². The Balaban J connectivity index is 1.86. The Kier molecular flexibility index (Phi) is 4.32. The van der Waals surface area contributed by atoms with Crippen LogP contribution in [0.5, 0.6) is 17.2 Å². The number of nitrogens with zero attached hydrogens (tertiary/aromatic N) is 2. The number of aryl methyl sites for hydroxylation is 1. The third-order valence-electron chi connectivity index (χ3n) is 4.63. The second-order valence-corrected chi connectivity index (χ2v) is 6.46. The van der Waals surface area contributed by atoms with Gasteiger partial charge in [0.05, 0.1) is 12.7 Å². The molecule has 2 aromatic rings. The van der Waals surface area contributed by atoms with Gasteiger partial charge in [0.1, 0.15) is 23.0 Å². The summed E-state index contributed by atoms with van der Waals surface area (Å²) in [6, 6.07) is 12.1. The molecule has 0 aliphatic carbocycles. The van der Waals surface area contributed by atoms with Gasteiger partial charge in [-0.3, -0.25) is 0 Å². The van der Waals surface area contributed by atoms with Gasteiger partial charge in [0.25, 0.3) is 0 Å². The van der Waals surface area contributed by atoms with E-state index in [-0.39, 0.29) is 0 Å². The minimum Gasteiger partial charge on any atom is -0.497 e. The van der Waals surface area contributed by atoms with Crippen LogP contribution in [0, 0.1) is 6.92 Å². The Morgan fingerprint density at radius 2 is 2.00 bits per heavy atom. The van der Waals surface area contributed by atoms with E-state index in [4.69, 9.17) is 14.5 Å². The maximum Gasteiger partial charge on any atom is 0.153 e. The lowest BCUT2D eigenvalue weighted by molar-refractivity contribution is 0.411. The molecular formula is C20H23N3O2. The number of benzene rings is 2. The van der Waals surface area contributed by atoms with E-state index >= 15 is 0 Å². The summed E-state index contributed by atoms with van der Waals surface area (Å²) >= 11 is 0. The van der Waals surface area contributed by atoms with Crippen molar-refractivity contribution < 1.29 is 9.47 Å². The largest absolute Gasteiger partial charge is 0.497 e. The van der Waals surface area contributed by atoms with Gasteiger partial charge >= 0.3 is 0 Å². The molecule has 0 radical (unpaired) electrons. The van der Waals surface area contributed by atoms with Gasteiger partial charge in [-0.1, -0.05) is 6.07 Å². The quantitative estimate of drug-likeness (QED) is 0.865. The van der Waals surface area contributed by atoms with E-state index in [0.29, 0.717) is 0 Å². The molecule has 0 amide bonds. The van der Waals surface area contributed by atoms with Crippen LogP contribution in [0.15, 0.2) is 41.4 Å². The van der Waals surface area contributed by atoms with Crippen LogP contribution in [-0.4, -0.2) is 44.0 Å². The van der Waals surface area contributed by atoms with Crippen LogP contribution in [-0.2, 0) is 0 Å². The SMILES string of the molecule is COc1ccc2c(c1)C(N1CCCNCC1)=Nc1ccc(C)cc1O2. The molecule has 0 bridgehead atoms. The van der Waals surface area contributed by atoms with Gasteiger partial charge in [-0.05, 0) is 55.8 Å². The smallest absolute Gasteiger partial charge is 0.153 e. The van der Waals surface area contributed by atoms with Gasteiger partial charge < -0.3 is 19.7 Å². The van der Waals surface area contributed by atoms with Crippen molar-refractivity contribution in [2.24, 2.45) is 4.99 Å². The van der Waals surface area contributed by atoms with E-state index in [2.05, 4.69) is 23.2 Å². The summed E-state index contributed by atoms with van der Waals surface area (Å²) in [5.41, 5.74) is 3.01. The molecule has 0 spiro atoms. The summed E-state index contributed by atoms with van der Waals surface area (Å²) in [5.74, 6) is 3.39. The lowest BCUT2D eigenvalue weighted by atomic mass is 10.1. The van der Waals surface area contributed by atoms with Crippen molar-refractivity contribution in [3.8, 4) is 17.2 Å².